The molecule has 0 unspecified atom stereocenters. The Hall–Kier alpha value is -1.36. The lowest BCUT2D eigenvalue weighted by molar-refractivity contribution is -0.131. The Bertz CT molecular complexity index is 795. The minimum atomic E-state index is 0.164. The van der Waals surface area contributed by atoms with E-state index in [1.165, 1.54) is 30.5 Å². The Morgan fingerprint density at radius 1 is 1.29 bits per heavy atom. The van der Waals surface area contributed by atoms with Crippen LogP contribution in [0.15, 0.2) is 36.8 Å². The SMILES string of the molecule is CC(C)[C@@H]1CC2(CCN(Cc3cncn3C)CC2)CO[C@H]1c1cccc(Cl)c1. The van der Waals surface area contributed by atoms with E-state index in [0.717, 1.165) is 31.3 Å². The van der Waals surface area contributed by atoms with Crippen molar-refractivity contribution in [3.8, 4) is 0 Å². The minimum Gasteiger partial charge on any atom is -0.373 e. The normalized spacial score (nSPS) is 25.5. The van der Waals surface area contributed by atoms with Crippen molar-refractivity contribution < 1.29 is 4.74 Å². The molecule has 152 valence electrons. The molecular formula is C23H32ClN3O. The molecule has 28 heavy (non-hydrogen) atoms. The van der Waals surface area contributed by atoms with Crippen LogP contribution in [-0.4, -0.2) is 34.1 Å². The fraction of sp³-hybridized carbons (Fsp3) is 0.609. The molecule has 2 saturated heterocycles. The number of imidazole rings is 1. The van der Waals surface area contributed by atoms with Gasteiger partial charge < -0.3 is 9.30 Å². The van der Waals surface area contributed by atoms with Gasteiger partial charge in [0, 0.05) is 24.8 Å². The summed E-state index contributed by atoms with van der Waals surface area (Å²) in [5.74, 6) is 1.13. The van der Waals surface area contributed by atoms with Crippen LogP contribution in [0.1, 0.15) is 50.5 Å². The van der Waals surface area contributed by atoms with Crippen molar-refractivity contribution in [3.05, 3.63) is 53.1 Å². The molecule has 0 aliphatic carbocycles. The van der Waals surface area contributed by atoms with Gasteiger partial charge in [-0.1, -0.05) is 37.6 Å². The van der Waals surface area contributed by atoms with Gasteiger partial charge in [0.25, 0.3) is 0 Å². The van der Waals surface area contributed by atoms with Gasteiger partial charge in [-0.3, -0.25) is 4.90 Å². The van der Waals surface area contributed by atoms with Gasteiger partial charge in [-0.05, 0) is 67.3 Å². The highest BCUT2D eigenvalue weighted by Gasteiger charge is 2.44. The maximum atomic E-state index is 6.56. The van der Waals surface area contributed by atoms with Gasteiger partial charge in [-0.25, -0.2) is 4.98 Å². The summed E-state index contributed by atoms with van der Waals surface area (Å²) in [6, 6.07) is 8.23. The van der Waals surface area contributed by atoms with Crippen molar-refractivity contribution in [1.82, 2.24) is 14.5 Å². The molecule has 1 aromatic carbocycles. The molecule has 2 aliphatic rings. The van der Waals surface area contributed by atoms with Gasteiger partial charge in [0.05, 0.1) is 24.7 Å². The van der Waals surface area contributed by atoms with Crippen LogP contribution >= 0.6 is 11.6 Å². The highest BCUT2D eigenvalue weighted by molar-refractivity contribution is 6.30. The third-order valence-electron chi connectivity index (χ3n) is 6.88. The Morgan fingerprint density at radius 3 is 2.71 bits per heavy atom. The number of aryl methyl sites for hydroxylation is 1. The van der Waals surface area contributed by atoms with Crippen molar-refractivity contribution >= 4 is 11.6 Å². The van der Waals surface area contributed by atoms with Gasteiger partial charge in [0.15, 0.2) is 0 Å². The van der Waals surface area contributed by atoms with Crippen molar-refractivity contribution in [2.45, 2.75) is 45.8 Å². The fourth-order valence-corrected chi connectivity index (χ4v) is 5.17. The van der Waals surface area contributed by atoms with E-state index in [1.54, 1.807) is 0 Å². The Balaban J connectivity index is 1.42. The Morgan fingerprint density at radius 2 is 2.07 bits per heavy atom. The van der Waals surface area contributed by atoms with Crippen LogP contribution in [0.4, 0.5) is 0 Å². The average molecular weight is 402 g/mol. The van der Waals surface area contributed by atoms with E-state index in [2.05, 4.69) is 47.5 Å². The number of nitrogens with zero attached hydrogens (tertiary/aromatic N) is 3. The summed E-state index contributed by atoms with van der Waals surface area (Å²) in [6.45, 7) is 8.81. The molecule has 0 radical (unpaired) electrons. The van der Waals surface area contributed by atoms with Crippen LogP contribution in [0.3, 0.4) is 0 Å². The quantitative estimate of drug-likeness (QED) is 0.714. The summed E-state index contributed by atoms with van der Waals surface area (Å²) in [7, 11) is 2.08. The number of rotatable bonds is 4. The first kappa shape index (κ1) is 19.9. The van der Waals surface area contributed by atoms with Crippen molar-refractivity contribution in [1.29, 1.82) is 0 Å². The van der Waals surface area contributed by atoms with Crippen LogP contribution in [-0.2, 0) is 18.3 Å². The summed E-state index contributed by atoms with van der Waals surface area (Å²) >= 11 is 6.25. The molecule has 0 N–H and O–H groups in total. The van der Waals surface area contributed by atoms with E-state index in [-0.39, 0.29) is 6.10 Å². The lowest BCUT2D eigenvalue weighted by Gasteiger charge is -2.50. The third kappa shape index (κ3) is 4.14. The number of ether oxygens (including phenoxy) is 1. The van der Waals surface area contributed by atoms with E-state index >= 15 is 0 Å². The van der Waals surface area contributed by atoms with E-state index in [0.29, 0.717) is 17.3 Å². The topological polar surface area (TPSA) is 30.3 Å². The van der Waals surface area contributed by atoms with E-state index in [1.807, 2.05) is 24.7 Å². The van der Waals surface area contributed by atoms with Crippen molar-refractivity contribution in [3.63, 3.8) is 0 Å². The van der Waals surface area contributed by atoms with Gasteiger partial charge in [-0.15, -0.1) is 0 Å². The standard InChI is InChI=1S/C23H32ClN3O/c1-17(2)21-12-23(15-28-22(21)18-5-4-6-19(24)11-18)7-9-27(10-8-23)14-20-13-25-16-26(20)3/h4-6,11,13,16-17,21-22H,7-10,12,14-15H2,1-3H3/t21-,22-/m0/s1. The summed E-state index contributed by atoms with van der Waals surface area (Å²) < 4.78 is 8.68. The summed E-state index contributed by atoms with van der Waals surface area (Å²) in [4.78, 5) is 6.82. The first-order chi connectivity index (χ1) is 13.5. The van der Waals surface area contributed by atoms with E-state index in [4.69, 9.17) is 16.3 Å². The van der Waals surface area contributed by atoms with Crippen LogP contribution in [0.5, 0.6) is 0 Å². The van der Waals surface area contributed by atoms with Gasteiger partial charge in [0.2, 0.25) is 0 Å². The van der Waals surface area contributed by atoms with Crippen molar-refractivity contribution in [2.24, 2.45) is 24.3 Å². The highest BCUT2D eigenvalue weighted by Crippen LogP contribution is 2.49. The fourth-order valence-electron chi connectivity index (χ4n) is 4.97. The lowest BCUT2D eigenvalue weighted by Crippen LogP contribution is -2.47. The summed E-state index contributed by atoms with van der Waals surface area (Å²) in [5, 5.41) is 0.798. The number of likely N-dealkylation sites (tertiary alicyclic amines) is 1. The van der Waals surface area contributed by atoms with Crippen LogP contribution < -0.4 is 0 Å². The zero-order valence-corrected chi connectivity index (χ0v) is 18.0. The largest absolute Gasteiger partial charge is 0.373 e. The van der Waals surface area contributed by atoms with Crippen LogP contribution in [0.25, 0.3) is 0 Å². The van der Waals surface area contributed by atoms with Crippen molar-refractivity contribution in [2.75, 3.05) is 19.7 Å². The number of piperidine rings is 1. The van der Waals surface area contributed by atoms with Gasteiger partial charge in [-0.2, -0.15) is 0 Å². The van der Waals surface area contributed by atoms with E-state index in [9.17, 15) is 0 Å². The number of hydrogen-bond acceptors (Lipinski definition) is 3. The molecule has 0 saturated carbocycles. The number of halogens is 1. The molecule has 3 heterocycles. The maximum absolute atomic E-state index is 6.56. The highest BCUT2D eigenvalue weighted by atomic mass is 35.5. The second-order valence-electron chi connectivity index (χ2n) is 9.17. The van der Waals surface area contributed by atoms with Crippen LogP contribution in [0, 0.1) is 17.3 Å². The molecular weight excluding hydrogens is 370 g/mol. The predicted molar refractivity (Wildman–Crippen MR) is 113 cm³/mol. The molecule has 4 nitrogen and oxygen atoms in total. The molecule has 1 spiro atoms. The first-order valence-corrected chi connectivity index (χ1v) is 10.9. The molecule has 4 rings (SSSR count). The lowest BCUT2D eigenvalue weighted by atomic mass is 9.66. The second kappa shape index (κ2) is 8.17. The zero-order chi connectivity index (χ0) is 19.7. The summed E-state index contributed by atoms with van der Waals surface area (Å²) in [5.41, 5.74) is 2.85. The Labute approximate surface area is 173 Å². The average Bonchev–Trinajstić information content (AvgIpc) is 3.08. The smallest absolute Gasteiger partial charge is 0.0945 e. The molecule has 2 fully saturated rings. The van der Waals surface area contributed by atoms with E-state index < -0.39 is 0 Å². The predicted octanol–water partition coefficient (Wildman–Crippen LogP) is 5.09. The molecule has 1 aromatic heterocycles. The first-order valence-electron chi connectivity index (χ1n) is 10.5. The molecule has 2 atom stereocenters. The molecule has 0 bridgehead atoms. The molecule has 5 heteroatoms. The monoisotopic (exact) mass is 401 g/mol. The summed E-state index contributed by atoms with van der Waals surface area (Å²) in [6.07, 6.45) is 7.72. The third-order valence-corrected chi connectivity index (χ3v) is 7.11. The molecule has 2 aliphatic heterocycles. The Kier molecular flexibility index (Phi) is 5.82. The molecule has 0 amide bonds. The number of aromatic nitrogens is 2. The van der Waals surface area contributed by atoms with Crippen LogP contribution in [0.2, 0.25) is 5.02 Å². The minimum absolute atomic E-state index is 0.164. The number of benzene rings is 1. The zero-order valence-electron chi connectivity index (χ0n) is 17.3. The maximum Gasteiger partial charge on any atom is 0.0945 e. The molecule has 2 aromatic rings. The van der Waals surface area contributed by atoms with Gasteiger partial charge >= 0.3 is 0 Å². The second-order valence-corrected chi connectivity index (χ2v) is 9.61. The van der Waals surface area contributed by atoms with Gasteiger partial charge in [0.1, 0.15) is 0 Å². The number of hydrogen-bond donors (Lipinski definition) is 0.